The summed E-state index contributed by atoms with van der Waals surface area (Å²) in [7, 11) is 1.61. The number of methoxy groups -OCH3 is 1. The fourth-order valence-corrected chi connectivity index (χ4v) is 5.16. The van der Waals surface area contributed by atoms with Gasteiger partial charge in [-0.05, 0) is 48.0 Å². The normalized spacial score (nSPS) is 14.2. The van der Waals surface area contributed by atoms with Gasteiger partial charge in [-0.15, -0.1) is 0 Å². The average molecular weight is 448 g/mol. The summed E-state index contributed by atoms with van der Waals surface area (Å²) in [5.41, 5.74) is 1.59. The summed E-state index contributed by atoms with van der Waals surface area (Å²) >= 11 is 1.67. The first-order valence-corrected chi connectivity index (χ1v) is 11.6. The van der Waals surface area contributed by atoms with Gasteiger partial charge in [-0.25, -0.2) is 4.98 Å². The molecule has 3 aromatic carbocycles. The molecule has 7 heteroatoms. The highest BCUT2D eigenvalue weighted by atomic mass is 32.1. The Labute approximate surface area is 191 Å². The third kappa shape index (κ3) is 3.84. The van der Waals surface area contributed by atoms with Crippen molar-refractivity contribution in [3.63, 3.8) is 0 Å². The zero-order valence-electron chi connectivity index (χ0n) is 18.2. The Balaban J connectivity index is 1.32. The van der Waals surface area contributed by atoms with Crippen LogP contribution in [0.2, 0.25) is 0 Å². The quantitative estimate of drug-likeness (QED) is 0.439. The summed E-state index contributed by atoms with van der Waals surface area (Å²) in [6.45, 7) is 5.43. The fourth-order valence-electron chi connectivity index (χ4n) is 4.11. The Morgan fingerprint density at radius 1 is 1.03 bits per heavy atom. The summed E-state index contributed by atoms with van der Waals surface area (Å²) in [6, 6.07) is 17.9. The van der Waals surface area contributed by atoms with E-state index in [-0.39, 0.29) is 5.91 Å². The van der Waals surface area contributed by atoms with Crippen molar-refractivity contribution >= 4 is 43.4 Å². The number of hydrogen-bond acceptors (Lipinski definition) is 6. The maximum absolute atomic E-state index is 13.3. The number of carbonyl (C=O) groups is 1. The number of piperazine rings is 1. The predicted octanol–water partition coefficient (Wildman–Crippen LogP) is 4.82. The number of benzene rings is 3. The molecule has 0 saturated carbocycles. The van der Waals surface area contributed by atoms with Crippen molar-refractivity contribution in [2.75, 3.05) is 44.8 Å². The molecule has 1 fully saturated rings. The number of aromatic nitrogens is 1. The highest BCUT2D eigenvalue weighted by Gasteiger charge is 2.26. The van der Waals surface area contributed by atoms with E-state index in [1.165, 1.54) is 0 Å². The minimum atomic E-state index is 0.0120. The molecule has 0 N–H and O–H groups in total. The van der Waals surface area contributed by atoms with Gasteiger partial charge in [0.2, 0.25) is 0 Å². The van der Waals surface area contributed by atoms with Crippen molar-refractivity contribution in [3.05, 3.63) is 60.2 Å². The molecule has 0 aliphatic carbocycles. The van der Waals surface area contributed by atoms with Crippen LogP contribution in [0.3, 0.4) is 0 Å². The smallest absolute Gasteiger partial charge is 0.257 e. The molecule has 32 heavy (non-hydrogen) atoms. The van der Waals surface area contributed by atoms with E-state index < -0.39 is 0 Å². The van der Waals surface area contributed by atoms with E-state index >= 15 is 0 Å². The van der Waals surface area contributed by atoms with Crippen LogP contribution < -0.4 is 14.4 Å². The Morgan fingerprint density at radius 3 is 2.50 bits per heavy atom. The lowest BCUT2D eigenvalue weighted by Crippen LogP contribution is -2.48. The molecule has 1 aromatic heterocycles. The van der Waals surface area contributed by atoms with Crippen LogP contribution in [-0.2, 0) is 0 Å². The number of nitrogens with zero attached hydrogens (tertiary/aromatic N) is 3. The van der Waals surface area contributed by atoms with Crippen molar-refractivity contribution in [2.24, 2.45) is 0 Å². The van der Waals surface area contributed by atoms with Gasteiger partial charge in [-0.3, -0.25) is 4.79 Å². The van der Waals surface area contributed by atoms with Gasteiger partial charge < -0.3 is 19.3 Å². The zero-order chi connectivity index (χ0) is 22.1. The maximum atomic E-state index is 13.3. The second-order valence-electron chi connectivity index (χ2n) is 7.74. The molecule has 1 saturated heterocycles. The number of ether oxygens (including phenoxy) is 2. The minimum absolute atomic E-state index is 0.0120. The highest BCUT2D eigenvalue weighted by Crippen LogP contribution is 2.32. The minimum Gasteiger partial charge on any atom is -0.496 e. The van der Waals surface area contributed by atoms with Crippen molar-refractivity contribution in [2.45, 2.75) is 6.92 Å². The van der Waals surface area contributed by atoms with E-state index in [4.69, 9.17) is 14.5 Å². The van der Waals surface area contributed by atoms with Gasteiger partial charge in [0, 0.05) is 26.2 Å². The van der Waals surface area contributed by atoms with Gasteiger partial charge in [0.1, 0.15) is 11.5 Å². The molecular formula is C25H25N3O3S. The Bertz CT molecular complexity index is 1280. The van der Waals surface area contributed by atoms with Gasteiger partial charge in [-0.2, -0.15) is 0 Å². The van der Waals surface area contributed by atoms with Crippen LogP contribution in [0.5, 0.6) is 11.5 Å². The van der Waals surface area contributed by atoms with Gasteiger partial charge in [0.15, 0.2) is 5.13 Å². The van der Waals surface area contributed by atoms with Crippen LogP contribution >= 0.6 is 11.3 Å². The summed E-state index contributed by atoms with van der Waals surface area (Å²) < 4.78 is 12.3. The monoisotopic (exact) mass is 447 g/mol. The summed E-state index contributed by atoms with van der Waals surface area (Å²) in [4.78, 5) is 22.3. The predicted molar refractivity (Wildman–Crippen MR) is 129 cm³/mol. The fraction of sp³-hybridized carbons (Fsp3) is 0.280. The first-order chi connectivity index (χ1) is 15.7. The van der Waals surface area contributed by atoms with Gasteiger partial charge in [0.05, 0.1) is 29.5 Å². The second-order valence-corrected chi connectivity index (χ2v) is 8.75. The number of rotatable bonds is 5. The van der Waals surface area contributed by atoms with Gasteiger partial charge >= 0.3 is 0 Å². The standard InChI is InChI=1S/C25H25N3O3S/c1-3-31-19-8-9-21-23(16-19)32-25(26-21)28-12-10-27(11-13-28)24(29)20-14-17-6-4-5-7-18(17)15-22(20)30-2/h4-9,14-16H,3,10-13H2,1-2H3. The molecule has 0 spiro atoms. The third-order valence-electron chi connectivity index (χ3n) is 5.80. The SMILES string of the molecule is CCOc1ccc2nc(N3CCN(C(=O)c4cc5ccccc5cc4OC)CC3)sc2c1. The Kier molecular flexibility index (Phi) is 5.57. The average Bonchev–Trinajstić information content (AvgIpc) is 3.26. The van der Waals surface area contributed by atoms with Crippen LogP contribution in [0.4, 0.5) is 5.13 Å². The number of anilines is 1. The van der Waals surface area contributed by atoms with E-state index in [0.29, 0.717) is 31.0 Å². The van der Waals surface area contributed by atoms with E-state index in [1.54, 1.807) is 18.4 Å². The lowest BCUT2D eigenvalue weighted by atomic mass is 10.0. The largest absolute Gasteiger partial charge is 0.496 e. The molecule has 2 heterocycles. The maximum Gasteiger partial charge on any atom is 0.257 e. The highest BCUT2D eigenvalue weighted by molar-refractivity contribution is 7.22. The van der Waals surface area contributed by atoms with Crippen molar-refractivity contribution in [3.8, 4) is 11.5 Å². The van der Waals surface area contributed by atoms with Crippen molar-refractivity contribution in [1.29, 1.82) is 0 Å². The topological polar surface area (TPSA) is 54.9 Å². The first-order valence-electron chi connectivity index (χ1n) is 10.8. The molecular weight excluding hydrogens is 422 g/mol. The second kappa shape index (κ2) is 8.67. The number of fused-ring (bicyclic) bond motifs is 2. The van der Waals surface area contributed by atoms with E-state index in [9.17, 15) is 4.79 Å². The first kappa shape index (κ1) is 20.6. The Hall–Kier alpha value is -3.32. The van der Waals surface area contributed by atoms with Crippen LogP contribution in [0.25, 0.3) is 21.0 Å². The van der Waals surface area contributed by atoms with E-state index in [2.05, 4.69) is 4.90 Å². The lowest BCUT2D eigenvalue weighted by Gasteiger charge is -2.34. The molecule has 0 atom stereocenters. The lowest BCUT2D eigenvalue weighted by molar-refractivity contribution is 0.0743. The summed E-state index contributed by atoms with van der Waals surface area (Å²) in [5.74, 6) is 1.50. The summed E-state index contributed by atoms with van der Waals surface area (Å²) in [6.07, 6.45) is 0. The van der Waals surface area contributed by atoms with Gasteiger partial charge in [0.25, 0.3) is 5.91 Å². The summed E-state index contributed by atoms with van der Waals surface area (Å²) in [5, 5.41) is 3.09. The molecule has 6 nitrogen and oxygen atoms in total. The Morgan fingerprint density at radius 2 is 1.78 bits per heavy atom. The number of carbonyl (C=O) groups excluding carboxylic acids is 1. The molecule has 1 amide bonds. The molecule has 4 aromatic rings. The van der Waals surface area contributed by atoms with E-state index in [1.807, 2.05) is 66.4 Å². The van der Waals surface area contributed by atoms with Crippen molar-refractivity contribution < 1.29 is 14.3 Å². The van der Waals surface area contributed by atoms with Crippen molar-refractivity contribution in [1.82, 2.24) is 9.88 Å². The van der Waals surface area contributed by atoms with Gasteiger partial charge in [-0.1, -0.05) is 35.6 Å². The third-order valence-corrected chi connectivity index (χ3v) is 6.87. The number of amides is 1. The van der Waals surface area contributed by atoms with E-state index in [0.717, 1.165) is 45.0 Å². The van der Waals surface area contributed by atoms with Crippen LogP contribution in [-0.4, -0.2) is 55.7 Å². The van der Waals surface area contributed by atoms with Crippen LogP contribution in [0.15, 0.2) is 54.6 Å². The number of hydrogen-bond donors (Lipinski definition) is 0. The molecule has 0 radical (unpaired) electrons. The number of thiazole rings is 1. The van der Waals surface area contributed by atoms with Crippen LogP contribution in [0.1, 0.15) is 17.3 Å². The molecule has 0 bridgehead atoms. The zero-order valence-corrected chi connectivity index (χ0v) is 19.0. The molecule has 0 unspecified atom stereocenters. The molecule has 1 aliphatic heterocycles. The van der Waals surface area contributed by atoms with Crippen LogP contribution in [0, 0.1) is 0 Å². The molecule has 1 aliphatic rings. The molecule has 164 valence electrons. The molecule has 5 rings (SSSR count).